The molecule has 2 aliphatic heterocycles. The number of carbonyl (C=O) groups excluding carboxylic acids is 2. The zero-order valence-electron chi connectivity index (χ0n) is 14.1. The third-order valence-electron chi connectivity index (χ3n) is 5.11. The average Bonchev–Trinajstić information content (AvgIpc) is 3.31. The Morgan fingerprint density at radius 2 is 2.04 bits per heavy atom. The number of piperidine rings is 1. The second-order valence-corrected chi connectivity index (χ2v) is 6.80. The van der Waals surface area contributed by atoms with E-state index >= 15 is 0 Å². The van der Waals surface area contributed by atoms with E-state index in [1.165, 1.54) is 0 Å². The smallest absolute Gasteiger partial charge is 0.228 e. The van der Waals surface area contributed by atoms with Crippen molar-refractivity contribution in [2.75, 3.05) is 13.1 Å². The first-order valence-electron chi connectivity index (χ1n) is 8.90. The number of benzene rings is 1. The van der Waals surface area contributed by atoms with Gasteiger partial charge in [-0.25, -0.2) is 4.98 Å². The molecule has 0 unspecified atom stereocenters. The second-order valence-electron chi connectivity index (χ2n) is 6.80. The normalized spacial score (nSPS) is 23.5. The number of aromatic amines is 1. The number of aromatic nitrogens is 2. The zero-order chi connectivity index (χ0) is 17.2. The van der Waals surface area contributed by atoms with E-state index < -0.39 is 0 Å². The van der Waals surface area contributed by atoms with Crippen LogP contribution in [-0.2, 0) is 9.59 Å². The zero-order valence-corrected chi connectivity index (χ0v) is 14.1. The van der Waals surface area contributed by atoms with Crippen LogP contribution in [0.1, 0.15) is 37.5 Å². The number of likely N-dealkylation sites (tertiary alicyclic amines) is 1. The van der Waals surface area contributed by atoms with E-state index in [9.17, 15) is 9.59 Å². The topological polar surface area (TPSA) is 78.1 Å². The van der Waals surface area contributed by atoms with Gasteiger partial charge < -0.3 is 15.2 Å². The summed E-state index contributed by atoms with van der Waals surface area (Å²) < 4.78 is 0. The summed E-state index contributed by atoms with van der Waals surface area (Å²) >= 11 is 0. The van der Waals surface area contributed by atoms with E-state index in [4.69, 9.17) is 0 Å². The molecule has 6 heteroatoms. The van der Waals surface area contributed by atoms with Crippen molar-refractivity contribution in [3.8, 4) is 11.3 Å². The Balaban J connectivity index is 1.56. The van der Waals surface area contributed by atoms with Crippen molar-refractivity contribution >= 4 is 11.8 Å². The Morgan fingerprint density at radius 3 is 2.80 bits per heavy atom. The van der Waals surface area contributed by atoms with Gasteiger partial charge in [0.1, 0.15) is 5.82 Å². The minimum Gasteiger partial charge on any atom is -0.355 e. The Hall–Kier alpha value is -2.63. The van der Waals surface area contributed by atoms with Crippen molar-refractivity contribution in [2.45, 2.75) is 31.7 Å². The molecule has 2 amide bonds. The van der Waals surface area contributed by atoms with E-state index in [1.54, 1.807) is 0 Å². The lowest BCUT2D eigenvalue weighted by atomic mass is 9.98. The van der Waals surface area contributed by atoms with Crippen LogP contribution in [0.15, 0.2) is 36.5 Å². The first kappa shape index (κ1) is 15.9. The summed E-state index contributed by atoms with van der Waals surface area (Å²) in [5, 5.41) is 2.76. The summed E-state index contributed by atoms with van der Waals surface area (Å²) in [6.45, 7) is 1.18. The van der Waals surface area contributed by atoms with Crippen LogP contribution in [0.25, 0.3) is 11.3 Å². The van der Waals surface area contributed by atoms with Gasteiger partial charge in [0.25, 0.3) is 0 Å². The average molecular weight is 338 g/mol. The minimum absolute atomic E-state index is 0.0312. The Bertz CT molecular complexity index is 771. The molecule has 130 valence electrons. The molecule has 1 aromatic heterocycles. The van der Waals surface area contributed by atoms with Crippen molar-refractivity contribution in [3.05, 3.63) is 42.4 Å². The molecule has 2 fully saturated rings. The number of imidazole rings is 1. The minimum atomic E-state index is -0.239. The van der Waals surface area contributed by atoms with Crippen molar-refractivity contribution < 1.29 is 9.59 Å². The third-order valence-corrected chi connectivity index (χ3v) is 5.11. The maximum Gasteiger partial charge on any atom is 0.228 e. The third kappa shape index (κ3) is 3.16. The molecule has 3 heterocycles. The Morgan fingerprint density at radius 1 is 1.20 bits per heavy atom. The molecule has 0 radical (unpaired) electrons. The number of H-pyrrole nitrogens is 1. The van der Waals surface area contributed by atoms with Gasteiger partial charge in [0.05, 0.1) is 23.9 Å². The van der Waals surface area contributed by atoms with Gasteiger partial charge in [0.15, 0.2) is 0 Å². The van der Waals surface area contributed by atoms with Gasteiger partial charge in [-0.15, -0.1) is 0 Å². The highest BCUT2D eigenvalue weighted by Gasteiger charge is 2.36. The lowest BCUT2D eigenvalue weighted by Crippen LogP contribution is -2.42. The fourth-order valence-electron chi connectivity index (χ4n) is 3.76. The maximum atomic E-state index is 12.9. The quantitative estimate of drug-likeness (QED) is 0.901. The van der Waals surface area contributed by atoms with Crippen molar-refractivity contribution in [1.82, 2.24) is 20.2 Å². The van der Waals surface area contributed by atoms with E-state index in [0.29, 0.717) is 13.0 Å². The molecule has 1 aromatic carbocycles. The monoisotopic (exact) mass is 338 g/mol. The molecule has 2 atom stereocenters. The van der Waals surface area contributed by atoms with Gasteiger partial charge in [-0.1, -0.05) is 30.3 Å². The highest BCUT2D eigenvalue weighted by Crippen LogP contribution is 2.32. The summed E-state index contributed by atoms with van der Waals surface area (Å²) in [4.78, 5) is 34.2. The summed E-state index contributed by atoms with van der Waals surface area (Å²) in [6.07, 6.45) is 5.12. The van der Waals surface area contributed by atoms with E-state index in [0.717, 1.165) is 42.9 Å². The molecule has 0 spiro atoms. The summed E-state index contributed by atoms with van der Waals surface area (Å²) in [5.74, 6) is 0.637. The van der Waals surface area contributed by atoms with Crippen LogP contribution < -0.4 is 5.32 Å². The number of hydrogen-bond donors (Lipinski definition) is 2. The molecule has 4 rings (SSSR count). The van der Waals surface area contributed by atoms with Crippen LogP contribution in [0.5, 0.6) is 0 Å². The summed E-state index contributed by atoms with van der Waals surface area (Å²) in [7, 11) is 0. The highest BCUT2D eigenvalue weighted by molar-refractivity contribution is 5.89. The van der Waals surface area contributed by atoms with Crippen LogP contribution >= 0.6 is 0 Å². The van der Waals surface area contributed by atoms with Crippen LogP contribution in [0.3, 0.4) is 0 Å². The summed E-state index contributed by atoms with van der Waals surface area (Å²) in [5.41, 5.74) is 2.05. The predicted molar refractivity (Wildman–Crippen MR) is 93.4 cm³/mol. The van der Waals surface area contributed by atoms with E-state index in [1.807, 2.05) is 41.4 Å². The number of carbonyl (C=O) groups is 2. The molecule has 6 nitrogen and oxygen atoms in total. The Kier molecular flexibility index (Phi) is 4.26. The van der Waals surface area contributed by atoms with Gasteiger partial charge in [-0.3, -0.25) is 9.59 Å². The van der Waals surface area contributed by atoms with Gasteiger partial charge >= 0.3 is 0 Å². The van der Waals surface area contributed by atoms with Crippen molar-refractivity contribution in [3.63, 3.8) is 0 Å². The largest absolute Gasteiger partial charge is 0.355 e. The van der Waals surface area contributed by atoms with Crippen molar-refractivity contribution in [1.29, 1.82) is 0 Å². The molecule has 0 aliphatic carbocycles. The number of hydrogen-bond acceptors (Lipinski definition) is 3. The SMILES string of the molecule is O=C1C[C@H](C(=O)N2CCCC[C@@H]2c2ncc(-c3ccccc3)[nH]2)CN1. The molecular weight excluding hydrogens is 316 g/mol. The fraction of sp³-hybridized carbons (Fsp3) is 0.421. The second kappa shape index (κ2) is 6.70. The molecule has 0 bridgehead atoms. The lowest BCUT2D eigenvalue weighted by Gasteiger charge is -2.36. The van der Waals surface area contributed by atoms with Crippen LogP contribution in [0, 0.1) is 5.92 Å². The van der Waals surface area contributed by atoms with Gasteiger partial charge in [-0.05, 0) is 24.8 Å². The molecule has 0 saturated carbocycles. The van der Waals surface area contributed by atoms with E-state index in [-0.39, 0.29) is 23.8 Å². The number of amides is 2. The molecule has 2 N–H and O–H groups in total. The standard InChI is InChI=1S/C19H22N4O2/c24-17-10-14(11-20-17)19(25)23-9-5-4-8-16(23)18-21-12-15(22-18)13-6-2-1-3-7-13/h1-3,6-7,12,14,16H,4-5,8-11H2,(H,20,24)(H,21,22)/t14-,16+/m0/s1. The van der Waals surface area contributed by atoms with Gasteiger partial charge in [0, 0.05) is 19.5 Å². The van der Waals surface area contributed by atoms with Gasteiger partial charge in [0.2, 0.25) is 11.8 Å². The van der Waals surface area contributed by atoms with Crippen LogP contribution in [0.2, 0.25) is 0 Å². The van der Waals surface area contributed by atoms with Crippen LogP contribution in [-0.4, -0.2) is 39.8 Å². The molecular formula is C19H22N4O2. The number of rotatable bonds is 3. The molecule has 2 aromatic rings. The maximum absolute atomic E-state index is 12.9. The molecule has 2 saturated heterocycles. The highest BCUT2D eigenvalue weighted by atomic mass is 16.2. The molecule has 25 heavy (non-hydrogen) atoms. The predicted octanol–water partition coefficient (Wildman–Crippen LogP) is 2.27. The van der Waals surface area contributed by atoms with E-state index in [2.05, 4.69) is 15.3 Å². The first-order valence-corrected chi connectivity index (χ1v) is 8.90. The van der Waals surface area contributed by atoms with Crippen LogP contribution in [0.4, 0.5) is 0 Å². The van der Waals surface area contributed by atoms with Crippen molar-refractivity contribution in [2.24, 2.45) is 5.92 Å². The first-order chi connectivity index (χ1) is 12.2. The lowest BCUT2D eigenvalue weighted by molar-refractivity contribution is -0.139. The fourth-order valence-corrected chi connectivity index (χ4v) is 3.76. The number of nitrogens with zero attached hydrogens (tertiary/aromatic N) is 2. The van der Waals surface area contributed by atoms with Gasteiger partial charge in [-0.2, -0.15) is 0 Å². The Labute approximate surface area is 146 Å². The summed E-state index contributed by atoms with van der Waals surface area (Å²) in [6, 6.07) is 10.0. The number of nitrogens with one attached hydrogen (secondary N) is 2. The molecule has 2 aliphatic rings.